The highest BCUT2D eigenvalue weighted by molar-refractivity contribution is 8.00. The molecule has 0 aromatic heterocycles. The van der Waals surface area contributed by atoms with Gasteiger partial charge in [0.05, 0.1) is 16.8 Å². The maximum atomic E-state index is 5.33. The minimum absolute atomic E-state index is 0. The molecule has 8 heteroatoms. The number of likely N-dealkylation sites (N-methyl/N-ethyl adjacent to an activating group) is 1. The summed E-state index contributed by atoms with van der Waals surface area (Å²) in [6.45, 7) is 61.7. The Morgan fingerprint density at radius 3 is 0.526 bits per heavy atom. The summed E-state index contributed by atoms with van der Waals surface area (Å²) in [6.07, 6.45) is 6.50. The number of hydrogen-bond acceptors (Lipinski definition) is 8. The van der Waals surface area contributed by atoms with E-state index in [2.05, 4.69) is 223 Å². The number of thioether (sulfide) groups is 3. The van der Waals surface area contributed by atoms with Gasteiger partial charge in [-0.1, -0.05) is 118 Å². The van der Waals surface area contributed by atoms with Gasteiger partial charge in [-0.2, -0.15) is 35.3 Å². The predicted molar refractivity (Wildman–Crippen MR) is 277 cm³/mol. The van der Waals surface area contributed by atoms with Crippen LogP contribution in [0.5, 0.6) is 0 Å². The van der Waals surface area contributed by atoms with Crippen molar-refractivity contribution in [3.8, 4) is 0 Å². The number of ether oxygens (including phenoxy) is 3. The molecule has 0 aliphatic carbocycles. The van der Waals surface area contributed by atoms with E-state index in [0.29, 0.717) is 25.1 Å². The monoisotopic (exact) mass is 875 g/mol. The van der Waals surface area contributed by atoms with Crippen LogP contribution in [0, 0.1) is 21.7 Å². The molecule has 0 atom stereocenters. The summed E-state index contributed by atoms with van der Waals surface area (Å²) < 4.78 is 17.0. The lowest BCUT2D eigenvalue weighted by atomic mass is 9.79. The van der Waals surface area contributed by atoms with E-state index in [4.69, 9.17) is 14.2 Å². The Morgan fingerprint density at radius 2 is 0.491 bits per heavy atom. The molecule has 356 valence electrons. The molecule has 0 heterocycles. The summed E-state index contributed by atoms with van der Waals surface area (Å²) >= 11 is 5.76. The Labute approximate surface area is 377 Å². The third kappa shape index (κ3) is 27.5. The summed E-state index contributed by atoms with van der Waals surface area (Å²) in [4.78, 5) is 0. The number of methoxy groups -OCH3 is 3. The molecule has 0 radical (unpaired) electrons. The van der Waals surface area contributed by atoms with Gasteiger partial charge in [0.1, 0.15) is 0 Å². The van der Waals surface area contributed by atoms with Crippen LogP contribution >= 0.6 is 35.3 Å². The van der Waals surface area contributed by atoms with E-state index in [9.17, 15) is 0 Å². The highest BCUT2D eigenvalue weighted by Gasteiger charge is 2.37. The van der Waals surface area contributed by atoms with Gasteiger partial charge in [0, 0.05) is 46.6 Å². The van der Waals surface area contributed by atoms with E-state index in [0.717, 1.165) is 0 Å². The Hall–Kier alpha value is 0.850. The highest BCUT2D eigenvalue weighted by Crippen LogP contribution is 2.40. The largest absolute Gasteiger partial charge is 0.378 e. The third-order valence-corrected chi connectivity index (χ3v) is 19.3. The first-order chi connectivity index (χ1) is 24.0. The van der Waals surface area contributed by atoms with Gasteiger partial charge >= 0.3 is 0 Å². The van der Waals surface area contributed by atoms with Gasteiger partial charge in [-0.3, -0.25) is 0 Å². The standard InChI is InChI=1S/C8H19NO.C8H19NS.2C8H18O.2C8H18S.CH4/c2*1-7(2,9-5)8(3,4)10-6;4*1-7(2,3)8(4,5)9-6;/h2*9H,1-6H3;4*1-6H3;1H4. The molecular formula is C49H114N2O3S3. The van der Waals surface area contributed by atoms with Crippen molar-refractivity contribution in [2.45, 2.75) is 243 Å². The highest BCUT2D eigenvalue weighted by atomic mass is 32.2. The van der Waals surface area contributed by atoms with Gasteiger partial charge in [-0.15, -0.1) is 0 Å². The van der Waals surface area contributed by atoms with Crippen molar-refractivity contribution in [1.82, 2.24) is 10.6 Å². The molecule has 0 unspecified atom stereocenters. The van der Waals surface area contributed by atoms with E-state index >= 15 is 0 Å². The summed E-state index contributed by atoms with van der Waals surface area (Å²) in [7, 11) is 9.20. The van der Waals surface area contributed by atoms with Gasteiger partial charge < -0.3 is 24.8 Å². The molecule has 0 aromatic rings. The first-order valence-corrected chi connectivity index (χ1v) is 24.3. The van der Waals surface area contributed by atoms with E-state index in [1.165, 1.54) is 0 Å². The molecule has 57 heavy (non-hydrogen) atoms. The average Bonchev–Trinajstić information content (AvgIpc) is 3.03. The van der Waals surface area contributed by atoms with Crippen LogP contribution in [0.1, 0.15) is 201 Å². The quantitative estimate of drug-likeness (QED) is 0.225. The van der Waals surface area contributed by atoms with Crippen LogP contribution in [0.15, 0.2) is 0 Å². The second-order valence-corrected chi connectivity index (χ2v) is 27.3. The van der Waals surface area contributed by atoms with E-state index in [1.54, 1.807) is 21.3 Å². The van der Waals surface area contributed by atoms with Crippen molar-refractivity contribution in [2.75, 3.05) is 54.2 Å². The van der Waals surface area contributed by atoms with Crippen LogP contribution in [0.2, 0.25) is 0 Å². The first-order valence-electron chi connectivity index (χ1n) is 20.7. The lowest BCUT2D eigenvalue weighted by molar-refractivity contribution is -0.0620. The Bertz CT molecular complexity index is 827. The van der Waals surface area contributed by atoms with Crippen molar-refractivity contribution in [2.24, 2.45) is 21.7 Å². The summed E-state index contributed by atoms with van der Waals surface area (Å²) in [6, 6.07) is 0. The average molecular weight is 876 g/mol. The van der Waals surface area contributed by atoms with Crippen LogP contribution in [-0.4, -0.2) is 96.3 Å². The van der Waals surface area contributed by atoms with Gasteiger partial charge in [-0.25, -0.2) is 0 Å². The van der Waals surface area contributed by atoms with Crippen LogP contribution in [0.4, 0.5) is 0 Å². The Kier molecular flexibility index (Phi) is 34.4. The van der Waals surface area contributed by atoms with Crippen LogP contribution < -0.4 is 10.6 Å². The van der Waals surface area contributed by atoms with Crippen LogP contribution in [0.25, 0.3) is 0 Å². The number of rotatable bonds is 10. The molecule has 0 saturated heterocycles. The fourth-order valence-electron chi connectivity index (χ4n) is 2.34. The third-order valence-electron chi connectivity index (χ3n) is 14.5. The van der Waals surface area contributed by atoms with Crippen molar-refractivity contribution >= 4 is 35.3 Å². The van der Waals surface area contributed by atoms with E-state index in [-0.39, 0.29) is 46.1 Å². The van der Waals surface area contributed by atoms with E-state index < -0.39 is 0 Å². The molecule has 2 N–H and O–H groups in total. The van der Waals surface area contributed by atoms with Crippen molar-refractivity contribution < 1.29 is 14.2 Å². The van der Waals surface area contributed by atoms with Gasteiger partial charge in [0.25, 0.3) is 0 Å². The van der Waals surface area contributed by atoms with Crippen LogP contribution in [-0.2, 0) is 14.2 Å². The lowest BCUT2D eigenvalue weighted by Crippen LogP contribution is -2.55. The second kappa shape index (κ2) is 27.1. The van der Waals surface area contributed by atoms with Gasteiger partial charge in [-0.05, 0) is 138 Å². The minimum atomic E-state index is -0.123. The van der Waals surface area contributed by atoms with Crippen molar-refractivity contribution in [1.29, 1.82) is 0 Å². The van der Waals surface area contributed by atoms with Crippen molar-refractivity contribution in [3.05, 3.63) is 0 Å². The summed E-state index contributed by atoms with van der Waals surface area (Å²) in [5.41, 5.74) is 1.32. The van der Waals surface area contributed by atoms with Crippen LogP contribution in [0.3, 0.4) is 0 Å². The molecule has 0 bridgehead atoms. The fourth-order valence-corrected chi connectivity index (χ4v) is 4.17. The fraction of sp³-hybridized carbons (Fsp3) is 1.00. The molecule has 0 fully saturated rings. The Balaban J connectivity index is -0.000000105. The molecule has 0 aliphatic heterocycles. The molecule has 0 rings (SSSR count). The molecule has 0 saturated carbocycles. The van der Waals surface area contributed by atoms with Crippen molar-refractivity contribution in [3.63, 3.8) is 0 Å². The summed E-state index contributed by atoms with van der Waals surface area (Å²) in [5, 5.41) is 6.52. The predicted octanol–water partition coefficient (Wildman–Crippen LogP) is 15.4. The molecule has 0 amide bonds. The number of nitrogens with one attached hydrogen (secondary N) is 2. The molecule has 0 aliphatic rings. The Morgan fingerprint density at radius 1 is 0.298 bits per heavy atom. The molecular weight excluding hydrogens is 761 g/mol. The topological polar surface area (TPSA) is 51.8 Å². The smallest absolute Gasteiger partial charge is 0.0797 e. The minimum Gasteiger partial charge on any atom is -0.378 e. The first kappa shape index (κ1) is 72.3. The summed E-state index contributed by atoms with van der Waals surface area (Å²) in [5.74, 6) is 0. The zero-order valence-electron chi connectivity index (χ0n) is 45.4. The lowest BCUT2D eigenvalue weighted by Gasteiger charge is -2.40. The zero-order chi connectivity index (χ0) is 47.7. The SMILES string of the molecule is C.CNC(C)(C)C(C)(C)OC.CNC(C)(C)C(C)(C)SC.COC(C)(C)C(C)(C)C.COC(C)(C)C(C)(C)C.CSC(C)(C)C(C)(C)C.CSC(C)(C)C(C)(C)C. The molecule has 0 aromatic carbocycles. The zero-order valence-corrected chi connectivity index (χ0v) is 47.9. The normalized spacial score (nSPS) is 13.7. The maximum absolute atomic E-state index is 5.33. The number of hydrogen-bond donors (Lipinski definition) is 2. The maximum Gasteiger partial charge on any atom is 0.0797 e. The van der Waals surface area contributed by atoms with Gasteiger partial charge in [0.15, 0.2) is 0 Å². The second-order valence-electron chi connectivity index (χ2n) is 23.0. The molecule has 5 nitrogen and oxygen atoms in total. The van der Waals surface area contributed by atoms with Gasteiger partial charge in [0.2, 0.25) is 0 Å². The van der Waals surface area contributed by atoms with E-state index in [1.807, 2.05) is 49.4 Å². The molecule has 0 spiro atoms.